The quantitative estimate of drug-likeness (QED) is 0.396. The monoisotopic (exact) mass is 580 g/mol. The Balaban J connectivity index is 1.97. The summed E-state index contributed by atoms with van der Waals surface area (Å²) in [5.41, 5.74) is 1.22. The minimum Gasteiger partial charge on any atom is -0.479 e. The molecule has 162 valence electrons. The van der Waals surface area contributed by atoms with Gasteiger partial charge < -0.3 is 15.3 Å². The number of hydrogen-bond acceptors (Lipinski definition) is 3. The standard InChI is InChI=1S/C23H15Cl2IN2O4/c24-14-6-4-12(5-7-14)19-21(29)27-18-9-8-16(26)11-17(18)22(30)28(19)20(23(31)32)13-2-1-3-15(25)10-13/h1-11,19-20H,(H,27,29)(H,31,32)/t19-,20-/m0/s1. The van der Waals surface area contributed by atoms with Crippen LogP contribution in [0.25, 0.3) is 0 Å². The topological polar surface area (TPSA) is 86.7 Å². The van der Waals surface area contributed by atoms with Gasteiger partial charge in [0.15, 0.2) is 6.04 Å². The molecule has 4 rings (SSSR count). The lowest BCUT2D eigenvalue weighted by Crippen LogP contribution is -2.44. The number of halogens is 3. The first-order valence-electron chi connectivity index (χ1n) is 9.43. The zero-order chi connectivity index (χ0) is 23.0. The van der Waals surface area contributed by atoms with Gasteiger partial charge in [0, 0.05) is 13.6 Å². The Morgan fingerprint density at radius 2 is 1.72 bits per heavy atom. The summed E-state index contributed by atoms with van der Waals surface area (Å²) in [7, 11) is 0. The van der Waals surface area contributed by atoms with Crippen molar-refractivity contribution in [2.75, 3.05) is 5.32 Å². The fourth-order valence-electron chi connectivity index (χ4n) is 3.71. The highest BCUT2D eigenvalue weighted by Crippen LogP contribution is 2.38. The van der Waals surface area contributed by atoms with Gasteiger partial charge in [-0.2, -0.15) is 0 Å². The maximum Gasteiger partial charge on any atom is 0.331 e. The highest BCUT2D eigenvalue weighted by Gasteiger charge is 2.43. The largest absolute Gasteiger partial charge is 0.479 e. The Bertz CT molecular complexity index is 1230. The second-order valence-corrected chi connectivity index (χ2v) is 9.26. The van der Waals surface area contributed by atoms with Crippen LogP contribution in [0.15, 0.2) is 66.7 Å². The average molecular weight is 581 g/mol. The van der Waals surface area contributed by atoms with E-state index in [-0.39, 0.29) is 11.1 Å². The number of nitrogens with one attached hydrogen (secondary N) is 1. The predicted octanol–water partition coefficient (Wildman–Crippen LogP) is 5.56. The third-order valence-electron chi connectivity index (χ3n) is 5.09. The number of anilines is 1. The fraction of sp³-hybridized carbons (Fsp3) is 0.0870. The molecule has 0 saturated heterocycles. The zero-order valence-corrected chi connectivity index (χ0v) is 19.9. The van der Waals surface area contributed by atoms with Gasteiger partial charge in [-0.3, -0.25) is 9.59 Å². The third kappa shape index (κ3) is 4.32. The summed E-state index contributed by atoms with van der Waals surface area (Å²) in [5.74, 6) is -2.42. The highest BCUT2D eigenvalue weighted by molar-refractivity contribution is 14.1. The number of amides is 2. The van der Waals surface area contributed by atoms with Crippen LogP contribution in [0.4, 0.5) is 5.69 Å². The second-order valence-electron chi connectivity index (χ2n) is 7.14. The lowest BCUT2D eigenvalue weighted by molar-refractivity contribution is -0.144. The van der Waals surface area contributed by atoms with Gasteiger partial charge >= 0.3 is 5.97 Å². The van der Waals surface area contributed by atoms with Gasteiger partial charge in [-0.25, -0.2) is 4.79 Å². The van der Waals surface area contributed by atoms with Gasteiger partial charge in [0.25, 0.3) is 11.8 Å². The number of carbonyl (C=O) groups excluding carboxylic acids is 2. The lowest BCUT2D eigenvalue weighted by atomic mass is 9.97. The molecule has 0 radical (unpaired) electrons. The molecular weight excluding hydrogens is 566 g/mol. The number of carbonyl (C=O) groups is 3. The Hall–Kier alpha value is -2.62. The molecule has 0 aromatic heterocycles. The van der Waals surface area contributed by atoms with Crippen LogP contribution in [0, 0.1) is 3.57 Å². The molecule has 0 bridgehead atoms. The maximum absolute atomic E-state index is 13.8. The van der Waals surface area contributed by atoms with Crippen LogP contribution < -0.4 is 5.32 Å². The van der Waals surface area contributed by atoms with Gasteiger partial charge in [-0.15, -0.1) is 0 Å². The Morgan fingerprint density at radius 3 is 2.38 bits per heavy atom. The van der Waals surface area contributed by atoms with Crippen molar-refractivity contribution >= 4 is 69.3 Å². The number of carboxylic acid groups (broad SMARTS) is 1. The van der Waals surface area contributed by atoms with Crippen LogP contribution >= 0.6 is 45.8 Å². The number of hydrogen-bond donors (Lipinski definition) is 2. The number of aliphatic carboxylic acids is 1. The van der Waals surface area contributed by atoms with E-state index in [1.807, 2.05) is 0 Å². The molecule has 32 heavy (non-hydrogen) atoms. The van der Waals surface area contributed by atoms with Crippen molar-refractivity contribution in [3.8, 4) is 0 Å². The van der Waals surface area contributed by atoms with Crippen molar-refractivity contribution in [2.45, 2.75) is 12.1 Å². The van der Waals surface area contributed by atoms with E-state index < -0.39 is 29.9 Å². The molecule has 2 atom stereocenters. The number of rotatable bonds is 4. The van der Waals surface area contributed by atoms with Crippen molar-refractivity contribution < 1.29 is 19.5 Å². The summed E-state index contributed by atoms with van der Waals surface area (Å²) >= 11 is 14.2. The van der Waals surface area contributed by atoms with Crippen molar-refractivity contribution in [1.82, 2.24) is 4.90 Å². The third-order valence-corrected chi connectivity index (χ3v) is 6.25. The smallest absolute Gasteiger partial charge is 0.331 e. The van der Waals surface area contributed by atoms with E-state index in [0.717, 1.165) is 8.47 Å². The van der Waals surface area contributed by atoms with Crippen LogP contribution in [0.5, 0.6) is 0 Å². The maximum atomic E-state index is 13.8. The molecule has 1 aliphatic rings. The van der Waals surface area contributed by atoms with E-state index in [1.165, 1.54) is 6.07 Å². The lowest BCUT2D eigenvalue weighted by Gasteiger charge is -2.34. The zero-order valence-electron chi connectivity index (χ0n) is 16.3. The summed E-state index contributed by atoms with van der Waals surface area (Å²) in [6, 6.07) is 14.9. The number of benzene rings is 3. The minimum absolute atomic E-state index is 0.204. The Morgan fingerprint density at radius 1 is 1.00 bits per heavy atom. The molecular formula is C23H15Cl2IN2O4. The minimum atomic E-state index is -1.46. The van der Waals surface area contributed by atoms with E-state index in [9.17, 15) is 19.5 Å². The molecule has 2 N–H and O–H groups in total. The van der Waals surface area contributed by atoms with Crippen LogP contribution in [0.1, 0.15) is 33.6 Å². The molecule has 6 nitrogen and oxygen atoms in total. The summed E-state index contributed by atoms with van der Waals surface area (Å²) in [6.45, 7) is 0. The fourth-order valence-corrected chi connectivity index (χ4v) is 4.52. The molecule has 0 unspecified atom stereocenters. The van der Waals surface area contributed by atoms with Gasteiger partial charge in [-0.05, 0) is 76.2 Å². The summed E-state index contributed by atoms with van der Waals surface area (Å²) in [4.78, 5) is 40.8. The molecule has 1 aliphatic heterocycles. The number of carboxylic acids is 1. The van der Waals surface area contributed by atoms with Crippen molar-refractivity contribution in [3.05, 3.63) is 97.0 Å². The number of fused-ring (bicyclic) bond motifs is 1. The highest BCUT2D eigenvalue weighted by atomic mass is 127. The Labute approximate surface area is 207 Å². The van der Waals surface area contributed by atoms with Crippen LogP contribution in [0.2, 0.25) is 10.0 Å². The van der Waals surface area contributed by atoms with E-state index in [0.29, 0.717) is 21.3 Å². The first-order valence-corrected chi connectivity index (χ1v) is 11.3. The molecule has 3 aromatic rings. The van der Waals surface area contributed by atoms with Crippen molar-refractivity contribution in [2.24, 2.45) is 0 Å². The normalized spacial score (nSPS) is 16.7. The molecule has 3 aromatic carbocycles. The molecule has 2 amide bonds. The molecule has 0 spiro atoms. The first kappa shape index (κ1) is 22.6. The van der Waals surface area contributed by atoms with Crippen LogP contribution in [-0.2, 0) is 9.59 Å². The summed E-state index contributed by atoms with van der Waals surface area (Å²) in [6.07, 6.45) is 0. The van der Waals surface area contributed by atoms with Gasteiger partial charge in [0.05, 0.1) is 11.3 Å². The molecule has 0 fully saturated rings. The molecule has 0 saturated carbocycles. The second kappa shape index (κ2) is 9.09. The van der Waals surface area contributed by atoms with Gasteiger partial charge in [0.2, 0.25) is 0 Å². The summed E-state index contributed by atoms with van der Waals surface area (Å²) in [5, 5.41) is 13.7. The van der Waals surface area contributed by atoms with Gasteiger partial charge in [-0.1, -0.05) is 47.5 Å². The van der Waals surface area contributed by atoms with Crippen LogP contribution in [0.3, 0.4) is 0 Å². The first-order chi connectivity index (χ1) is 15.3. The van der Waals surface area contributed by atoms with Crippen molar-refractivity contribution in [3.63, 3.8) is 0 Å². The molecule has 1 heterocycles. The van der Waals surface area contributed by atoms with E-state index in [4.69, 9.17) is 23.2 Å². The summed E-state index contributed by atoms with van der Waals surface area (Å²) < 4.78 is 0.767. The Kier molecular flexibility index (Phi) is 6.41. The SMILES string of the molecule is O=C(O)[C@H](c1cccc(Cl)c1)N1C(=O)c2cc(I)ccc2NC(=O)[C@@H]1c1ccc(Cl)cc1. The predicted molar refractivity (Wildman–Crippen MR) is 130 cm³/mol. The van der Waals surface area contributed by atoms with Gasteiger partial charge in [0.1, 0.15) is 6.04 Å². The van der Waals surface area contributed by atoms with E-state index >= 15 is 0 Å². The van der Waals surface area contributed by atoms with E-state index in [2.05, 4.69) is 27.9 Å². The number of nitrogens with zero attached hydrogens (tertiary/aromatic N) is 1. The van der Waals surface area contributed by atoms with Crippen LogP contribution in [-0.4, -0.2) is 27.8 Å². The molecule has 0 aliphatic carbocycles. The molecule has 9 heteroatoms. The van der Waals surface area contributed by atoms with E-state index in [1.54, 1.807) is 60.7 Å². The van der Waals surface area contributed by atoms with Crippen molar-refractivity contribution in [1.29, 1.82) is 0 Å². The average Bonchev–Trinajstić information content (AvgIpc) is 2.84.